The number of methoxy groups -OCH3 is 1. The van der Waals surface area contributed by atoms with Gasteiger partial charge in [0, 0.05) is 37.2 Å². The van der Waals surface area contributed by atoms with E-state index in [0.717, 1.165) is 73.8 Å². The van der Waals surface area contributed by atoms with Gasteiger partial charge in [-0.3, -0.25) is 4.79 Å². The van der Waals surface area contributed by atoms with Crippen molar-refractivity contribution in [1.82, 2.24) is 0 Å². The van der Waals surface area contributed by atoms with Crippen LogP contribution in [0.25, 0.3) is 0 Å². The quantitative estimate of drug-likeness (QED) is 0.481. The monoisotopic (exact) mass is 508 g/mol. The van der Waals surface area contributed by atoms with Crippen molar-refractivity contribution in [2.75, 3.05) is 40.1 Å². The van der Waals surface area contributed by atoms with Crippen molar-refractivity contribution >= 4 is 5.97 Å². The standard InChI is InChI=1S/2C12H18O2.C3H6O2.C2H6O/c2*1-2-14-12(13-1)10-4-8-3-9(6-10)7-11(12)5-8;1-3(4)5-2;1-2-3/h2*8-11H,1-7H2;1-2H3;3H,2H2,1H3. The Bertz CT molecular complexity index is 626. The Balaban J connectivity index is 0.000000116. The topological polar surface area (TPSA) is 83.5 Å². The van der Waals surface area contributed by atoms with Crippen LogP contribution in [0.3, 0.4) is 0 Å². The maximum absolute atomic E-state index is 9.59. The van der Waals surface area contributed by atoms with Gasteiger partial charge in [0.2, 0.25) is 0 Å². The zero-order valence-electron chi connectivity index (χ0n) is 22.6. The maximum atomic E-state index is 9.59. The van der Waals surface area contributed by atoms with Crippen molar-refractivity contribution in [3.05, 3.63) is 0 Å². The van der Waals surface area contributed by atoms with E-state index in [1.807, 2.05) is 0 Å². The molecule has 8 saturated carbocycles. The summed E-state index contributed by atoms with van der Waals surface area (Å²) < 4.78 is 28.1. The zero-order valence-corrected chi connectivity index (χ0v) is 22.6. The van der Waals surface area contributed by atoms with Crippen LogP contribution in [0.1, 0.15) is 78.1 Å². The highest BCUT2D eigenvalue weighted by atomic mass is 16.7. The Morgan fingerprint density at radius 2 is 0.889 bits per heavy atom. The molecule has 7 heteroatoms. The zero-order chi connectivity index (χ0) is 25.3. The molecule has 206 valence electrons. The van der Waals surface area contributed by atoms with Crippen LogP contribution in [0.15, 0.2) is 0 Å². The molecule has 0 amide bonds. The predicted octanol–water partition coefficient (Wildman–Crippen LogP) is 4.55. The van der Waals surface area contributed by atoms with Crippen molar-refractivity contribution in [3.8, 4) is 0 Å². The summed E-state index contributed by atoms with van der Waals surface area (Å²) in [7, 11) is 1.35. The molecule has 1 N–H and O–H groups in total. The number of hydrogen-bond donors (Lipinski definition) is 1. The Kier molecular flexibility index (Phi) is 8.34. The SMILES string of the molecule is C1COC2(O1)C1CC3CC(C1)CC2C3.C1COC2(O1)C1CC3CC(C1)CC2C3.CCO.COC(C)=O. The minimum absolute atomic E-state index is 0.104. The van der Waals surface area contributed by atoms with E-state index in [9.17, 15) is 4.79 Å². The third-order valence-corrected chi connectivity index (χ3v) is 10.3. The first-order valence-corrected chi connectivity index (χ1v) is 14.6. The van der Waals surface area contributed by atoms with Crippen molar-refractivity contribution in [2.45, 2.75) is 89.6 Å². The van der Waals surface area contributed by atoms with Crippen LogP contribution in [-0.2, 0) is 28.5 Å². The fourth-order valence-electron chi connectivity index (χ4n) is 9.51. The molecule has 0 aromatic heterocycles. The summed E-state index contributed by atoms with van der Waals surface area (Å²) in [6, 6.07) is 0. The molecular weight excluding hydrogens is 460 g/mol. The number of hydrogen-bond acceptors (Lipinski definition) is 7. The first kappa shape index (κ1) is 26.9. The van der Waals surface area contributed by atoms with E-state index in [1.54, 1.807) is 6.92 Å². The summed E-state index contributed by atoms with van der Waals surface area (Å²) in [5, 5.41) is 7.57. The predicted molar refractivity (Wildman–Crippen MR) is 134 cm³/mol. The van der Waals surface area contributed by atoms with E-state index in [-0.39, 0.29) is 24.2 Å². The molecular formula is C29H48O7. The third kappa shape index (κ3) is 5.00. The van der Waals surface area contributed by atoms with Crippen LogP contribution in [0.5, 0.6) is 0 Å². The molecule has 0 radical (unpaired) electrons. The molecule has 10 aliphatic rings. The van der Waals surface area contributed by atoms with Crippen molar-refractivity contribution in [2.24, 2.45) is 47.3 Å². The van der Waals surface area contributed by atoms with Crippen LogP contribution < -0.4 is 0 Å². The van der Waals surface area contributed by atoms with Gasteiger partial charge in [-0.25, -0.2) is 0 Å². The van der Waals surface area contributed by atoms with Gasteiger partial charge in [0.15, 0.2) is 11.6 Å². The maximum Gasteiger partial charge on any atom is 0.302 e. The minimum atomic E-state index is -0.245. The number of aliphatic hydroxyl groups is 1. The molecule has 0 aromatic rings. The molecule has 0 unspecified atom stereocenters. The first-order valence-electron chi connectivity index (χ1n) is 14.6. The van der Waals surface area contributed by atoms with Gasteiger partial charge in [0.1, 0.15) is 0 Å². The lowest BCUT2D eigenvalue weighted by Crippen LogP contribution is -2.58. The van der Waals surface area contributed by atoms with Crippen molar-refractivity contribution in [3.63, 3.8) is 0 Å². The molecule has 0 atom stereocenters. The molecule has 8 bridgehead atoms. The van der Waals surface area contributed by atoms with Gasteiger partial charge in [-0.15, -0.1) is 0 Å². The number of rotatable bonds is 0. The molecule has 10 fully saturated rings. The summed E-state index contributed by atoms with van der Waals surface area (Å²) in [6.07, 6.45) is 14.1. The number of ether oxygens (including phenoxy) is 5. The summed E-state index contributed by atoms with van der Waals surface area (Å²) in [4.78, 5) is 9.59. The Morgan fingerprint density at radius 1 is 0.667 bits per heavy atom. The second-order valence-corrected chi connectivity index (χ2v) is 12.5. The molecule has 8 aliphatic carbocycles. The van der Waals surface area contributed by atoms with Crippen LogP contribution in [0.4, 0.5) is 0 Å². The Hall–Kier alpha value is -0.730. The van der Waals surface area contributed by atoms with Gasteiger partial charge in [0.05, 0.1) is 33.5 Å². The van der Waals surface area contributed by atoms with Crippen LogP contribution in [-0.4, -0.2) is 62.8 Å². The van der Waals surface area contributed by atoms with E-state index >= 15 is 0 Å². The molecule has 7 nitrogen and oxygen atoms in total. The average Bonchev–Trinajstić information content (AvgIpc) is 3.54. The van der Waals surface area contributed by atoms with Gasteiger partial charge < -0.3 is 28.8 Å². The van der Waals surface area contributed by atoms with E-state index < -0.39 is 0 Å². The fourth-order valence-corrected chi connectivity index (χ4v) is 9.51. The Morgan fingerprint density at radius 3 is 1.08 bits per heavy atom. The molecule has 10 rings (SSSR count). The number of carbonyl (C=O) groups excluding carboxylic acids is 1. The first-order chi connectivity index (χ1) is 17.4. The van der Waals surface area contributed by atoms with Crippen molar-refractivity contribution < 1.29 is 33.6 Å². The lowest BCUT2D eigenvalue weighted by Gasteiger charge is -2.58. The van der Waals surface area contributed by atoms with Gasteiger partial charge in [-0.2, -0.15) is 0 Å². The summed E-state index contributed by atoms with van der Waals surface area (Å²) in [5.74, 6) is 6.54. The molecule has 2 saturated heterocycles. The normalized spacial score (nSPS) is 42.8. The minimum Gasteiger partial charge on any atom is -0.469 e. The second-order valence-electron chi connectivity index (χ2n) is 12.5. The van der Waals surface area contributed by atoms with Gasteiger partial charge in [0.25, 0.3) is 0 Å². The lowest BCUT2D eigenvalue weighted by atomic mass is 9.53. The molecule has 0 aromatic carbocycles. The van der Waals surface area contributed by atoms with E-state index in [0.29, 0.717) is 0 Å². The smallest absolute Gasteiger partial charge is 0.302 e. The van der Waals surface area contributed by atoms with E-state index in [2.05, 4.69) is 4.74 Å². The van der Waals surface area contributed by atoms with E-state index in [4.69, 9.17) is 24.1 Å². The average molecular weight is 509 g/mol. The number of carbonyl (C=O) groups is 1. The summed E-state index contributed by atoms with van der Waals surface area (Å²) in [6.45, 7) is 6.63. The number of esters is 1. The molecule has 2 heterocycles. The third-order valence-electron chi connectivity index (χ3n) is 10.3. The molecule has 36 heavy (non-hydrogen) atoms. The summed E-state index contributed by atoms with van der Waals surface area (Å²) in [5.41, 5.74) is 0. The number of aliphatic hydroxyl groups excluding tert-OH is 1. The highest BCUT2D eigenvalue weighted by Crippen LogP contribution is 2.62. The van der Waals surface area contributed by atoms with Crippen LogP contribution in [0, 0.1) is 47.3 Å². The fraction of sp³-hybridized carbons (Fsp3) is 0.966. The van der Waals surface area contributed by atoms with Gasteiger partial charge in [-0.05, 0) is 94.8 Å². The van der Waals surface area contributed by atoms with Crippen LogP contribution >= 0.6 is 0 Å². The molecule has 2 spiro atoms. The highest BCUT2D eigenvalue weighted by molar-refractivity contribution is 5.65. The van der Waals surface area contributed by atoms with Crippen LogP contribution in [0.2, 0.25) is 0 Å². The lowest BCUT2D eigenvalue weighted by molar-refractivity contribution is -0.288. The van der Waals surface area contributed by atoms with Gasteiger partial charge in [-0.1, -0.05) is 0 Å². The van der Waals surface area contributed by atoms with Gasteiger partial charge >= 0.3 is 5.97 Å². The Labute approximate surface area is 216 Å². The highest BCUT2D eigenvalue weighted by Gasteiger charge is 2.61. The molecule has 2 aliphatic heterocycles. The van der Waals surface area contributed by atoms with E-state index in [1.165, 1.54) is 78.2 Å². The second kappa shape index (κ2) is 11.2. The van der Waals surface area contributed by atoms with Crippen molar-refractivity contribution in [1.29, 1.82) is 0 Å². The largest absolute Gasteiger partial charge is 0.469 e. The summed E-state index contributed by atoms with van der Waals surface area (Å²) >= 11 is 0.